The Balaban J connectivity index is 2.33. The molecule has 0 aliphatic carbocycles. The molecule has 0 aliphatic rings. The van der Waals surface area contributed by atoms with Gasteiger partial charge in [-0.15, -0.1) is 0 Å². The van der Waals surface area contributed by atoms with Crippen LogP contribution in [0.5, 0.6) is 0 Å². The molecule has 0 amide bonds. The fraction of sp³-hybridized carbons (Fsp3) is 0.316. The van der Waals surface area contributed by atoms with E-state index in [-0.39, 0.29) is 5.82 Å². The summed E-state index contributed by atoms with van der Waals surface area (Å²) in [5, 5.41) is 0.663. The molecule has 0 spiro atoms. The van der Waals surface area contributed by atoms with Gasteiger partial charge in [0.1, 0.15) is 5.82 Å². The maximum Gasteiger partial charge on any atom is 0.126 e. The van der Waals surface area contributed by atoms with Gasteiger partial charge in [-0.25, -0.2) is 9.38 Å². The summed E-state index contributed by atoms with van der Waals surface area (Å²) >= 11 is 6.25. The molecule has 0 unspecified atom stereocenters. The van der Waals surface area contributed by atoms with Crippen LogP contribution in [-0.2, 0) is 6.42 Å². The first-order chi connectivity index (χ1) is 10.9. The van der Waals surface area contributed by atoms with Gasteiger partial charge in [-0.1, -0.05) is 23.7 Å². The predicted molar refractivity (Wildman–Crippen MR) is 96.6 cm³/mol. The van der Waals surface area contributed by atoms with Gasteiger partial charge in [-0.2, -0.15) is 0 Å². The third-order valence-electron chi connectivity index (χ3n) is 3.96. The third kappa shape index (κ3) is 4.55. The molecule has 2 rings (SSSR count). The van der Waals surface area contributed by atoms with E-state index < -0.39 is 0 Å². The van der Waals surface area contributed by atoms with E-state index in [1.807, 2.05) is 49.5 Å². The summed E-state index contributed by atoms with van der Waals surface area (Å²) in [5.41, 5.74) is 4.79. The average Bonchev–Trinajstić information content (AvgIpc) is 2.52. The van der Waals surface area contributed by atoms with Crippen molar-refractivity contribution in [3.8, 4) is 0 Å². The largest absolute Gasteiger partial charge is 0.366 e. The minimum Gasteiger partial charge on any atom is -0.366 e. The van der Waals surface area contributed by atoms with Crippen molar-refractivity contribution < 1.29 is 4.39 Å². The second-order valence-corrected chi connectivity index (χ2v) is 6.22. The van der Waals surface area contributed by atoms with Crippen LogP contribution < -0.4 is 0 Å². The Morgan fingerprint density at radius 3 is 2.61 bits per heavy atom. The van der Waals surface area contributed by atoms with Crippen LogP contribution in [0.15, 0.2) is 35.3 Å². The number of halogens is 2. The van der Waals surface area contributed by atoms with E-state index in [2.05, 4.69) is 11.9 Å². The molecule has 0 heterocycles. The zero-order chi connectivity index (χ0) is 17.0. The number of aryl methyl sites for hydroxylation is 1. The molecule has 2 nitrogen and oxygen atoms in total. The van der Waals surface area contributed by atoms with Crippen molar-refractivity contribution in [3.05, 3.63) is 63.4 Å². The highest BCUT2D eigenvalue weighted by Gasteiger charge is 2.08. The second-order valence-electron chi connectivity index (χ2n) is 5.79. The Labute approximate surface area is 142 Å². The van der Waals surface area contributed by atoms with Crippen LogP contribution in [0.1, 0.15) is 29.2 Å². The molecule has 0 radical (unpaired) electrons. The van der Waals surface area contributed by atoms with Gasteiger partial charge in [0.15, 0.2) is 0 Å². The van der Waals surface area contributed by atoms with Crippen molar-refractivity contribution >= 4 is 23.6 Å². The zero-order valence-corrected chi connectivity index (χ0v) is 14.8. The highest BCUT2D eigenvalue weighted by molar-refractivity contribution is 6.31. The van der Waals surface area contributed by atoms with Crippen LogP contribution in [0.2, 0.25) is 5.02 Å². The lowest BCUT2D eigenvalue weighted by Gasteiger charge is -2.12. The van der Waals surface area contributed by atoms with E-state index in [1.54, 1.807) is 6.92 Å². The molecule has 0 saturated carbocycles. The number of nitrogens with zero attached hydrogens (tertiary/aromatic N) is 2. The molecule has 0 fully saturated rings. The molecule has 122 valence electrons. The van der Waals surface area contributed by atoms with Gasteiger partial charge in [-0.05, 0) is 67.6 Å². The van der Waals surface area contributed by atoms with Gasteiger partial charge in [-0.3, -0.25) is 0 Å². The van der Waals surface area contributed by atoms with Gasteiger partial charge in [0.2, 0.25) is 0 Å². The molecule has 0 aliphatic heterocycles. The van der Waals surface area contributed by atoms with Crippen molar-refractivity contribution in [1.29, 1.82) is 0 Å². The molecule has 23 heavy (non-hydrogen) atoms. The van der Waals surface area contributed by atoms with Crippen molar-refractivity contribution in [2.45, 2.75) is 27.2 Å². The van der Waals surface area contributed by atoms with Crippen molar-refractivity contribution in [2.24, 2.45) is 4.99 Å². The summed E-state index contributed by atoms with van der Waals surface area (Å²) in [4.78, 5) is 6.53. The fourth-order valence-corrected chi connectivity index (χ4v) is 2.55. The van der Waals surface area contributed by atoms with Crippen LogP contribution in [0, 0.1) is 19.7 Å². The molecule has 2 aromatic carbocycles. The Kier molecular flexibility index (Phi) is 5.78. The number of aliphatic imine (C=N–C) groups is 1. The van der Waals surface area contributed by atoms with Gasteiger partial charge < -0.3 is 4.90 Å². The van der Waals surface area contributed by atoms with E-state index in [9.17, 15) is 4.39 Å². The molecule has 0 saturated heterocycles. The Morgan fingerprint density at radius 2 is 1.96 bits per heavy atom. The Morgan fingerprint density at radius 1 is 1.22 bits per heavy atom. The van der Waals surface area contributed by atoms with E-state index >= 15 is 0 Å². The minimum absolute atomic E-state index is 0.176. The second kappa shape index (κ2) is 7.60. The maximum atomic E-state index is 13.4. The number of rotatable bonds is 5. The molecule has 4 heteroatoms. The van der Waals surface area contributed by atoms with Crippen molar-refractivity contribution in [3.63, 3.8) is 0 Å². The van der Waals surface area contributed by atoms with E-state index in [4.69, 9.17) is 11.6 Å². The van der Waals surface area contributed by atoms with Crippen LogP contribution in [0.25, 0.3) is 0 Å². The van der Waals surface area contributed by atoms with E-state index in [0.29, 0.717) is 17.0 Å². The monoisotopic (exact) mass is 332 g/mol. The first-order valence-electron chi connectivity index (χ1n) is 7.69. The molecule has 2 aromatic rings. The maximum absolute atomic E-state index is 13.4. The van der Waals surface area contributed by atoms with E-state index in [0.717, 1.165) is 28.9 Å². The van der Waals surface area contributed by atoms with Crippen LogP contribution in [-0.4, -0.2) is 24.8 Å². The third-order valence-corrected chi connectivity index (χ3v) is 4.18. The zero-order valence-electron chi connectivity index (χ0n) is 14.0. The summed E-state index contributed by atoms with van der Waals surface area (Å²) in [6.45, 7) is 6.78. The lowest BCUT2D eigenvalue weighted by atomic mass is 9.98. The lowest BCUT2D eigenvalue weighted by molar-refractivity contribution is 0.552. The van der Waals surface area contributed by atoms with Crippen LogP contribution in [0.4, 0.5) is 10.1 Å². The first kappa shape index (κ1) is 17.5. The van der Waals surface area contributed by atoms with Gasteiger partial charge in [0, 0.05) is 18.6 Å². The van der Waals surface area contributed by atoms with E-state index in [1.165, 1.54) is 6.07 Å². The summed E-state index contributed by atoms with van der Waals surface area (Å²) in [6, 6.07) is 9.04. The van der Waals surface area contributed by atoms with Crippen molar-refractivity contribution in [1.82, 2.24) is 4.90 Å². The molecule has 0 bridgehead atoms. The number of hydrogen-bond donors (Lipinski definition) is 0. The summed E-state index contributed by atoms with van der Waals surface area (Å²) in [5.74, 6) is -0.176. The fourth-order valence-electron chi connectivity index (χ4n) is 2.32. The lowest BCUT2D eigenvalue weighted by Crippen LogP contribution is -2.14. The van der Waals surface area contributed by atoms with Crippen molar-refractivity contribution in [2.75, 3.05) is 13.6 Å². The SMILES string of the molecule is CCN(C)C=Nc1cc(Cl)cc(Cc2ccc(F)c(C)c2)c1C. The summed E-state index contributed by atoms with van der Waals surface area (Å²) < 4.78 is 13.4. The van der Waals surface area contributed by atoms with Gasteiger partial charge >= 0.3 is 0 Å². The molecule has 0 N–H and O–H groups in total. The smallest absolute Gasteiger partial charge is 0.126 e. The average molecular weight is 333 g/mol. The highest BCUT2D eigenvalue weighted by atomic mass is 35.5. The topological polar surface area (TPSA) is 15.6 Å². The quantitative estimate of drug-likeness (QED) is 0.536. The predicted octanol–water partition coefficient (Wildman–Crippen LogP) is 5.30. The molecular formula is C19H22ClFN2. The first-order valence-corrected chi connectivity index (χ1v) is 8.07. The Hall–Kier alpha value is -1.87. The van der Waals surface area contributed by atoms with Crippen LogP contribution >= 0.6 is 11.6 Å². The Bertz CT molecular complexity index is 726. The van der Waals surface area contributed by atoms with Gasteiger partial charge in [0.05, 0.1) is 12.0 Å². The van der Waals surface area contributed by atoms with Crippen LogP contribution in [0.3, 0.4) is 0 Å². The number of benzene rings is 2. The standard InChI is InChI=1S/C19H22ClFN2/c1-5-23(4)12-22-19-11-17(20)10-16(14(19)3)9-15-6-7-18(21)13(2)8-15/h6-8,10-12H,5,9H2,1-4H3. The minimum atomic E-state index is -0.176. The normalized spacial score (nSPS) is 11.2. The summed E-state index contributed by atoms with van der Waals surface area (Å²) in [6.07, 6.45) is 2.52. The van der Waals surface area contributed by atoms with Gasteiger partial charge in [0.25, 0.3) is 0 Å². The molecule has 0 atom stereocenters. The number of hydrogen-bond acceptors (Lipinski definition) is 1. The highest BCUT2D eigenvalue weighted by Crippen LogP contribution is 2.29. The molecule has 0 aromatic heterocycles. The molecular weight excluding hydrogens is 311 g/mol. The summed E-state index contributed by atoms with van der Waals surface area (Å²) in [7, 11) is 1.98.